The predicted molar refractivity (Wildman–Crippen MR) is 73.0 cm³/mol. The Bertz CT molecular complexity index is 514. The van der Waals surface area contributed by atoms with E-state index < -0.39 is 0 Å². The molecule has 18 heavy (non-hydrogen) atoms. The number of nitrogens with one attached hydrogen (secondary N) is 1. The van der Waals surface area contributed by atoms with Gasteiger partial charge in [0.1, 0.15) is 5.82 Å². The van der Waals surface area contributed by atoms with Gasteiger partial charge in [-0.25, -0.2) is 0 Å². The summed E-state index contributed by atoms with van der Waals surface area (Å²) < 4.78 is 5.36. The van der Waals surface area contributed by atoms with Gasteiger partial charge in [0.05, 0.1) is 6.61 Å². The van der Waals surface area contributed by atoms with E-state index in [4.69, 9.17) is 10.5 Å². The molecule has 0 fully saturated rings. The van der Waals surface area contributed by atoms with Gasteiger partial charge in [-0.1, -0.05) is 24.3 Å². The summed E-state index contributed by atoms with van der Waals surface area (Å²) in [6.45, 7) is 3.04. The molecule has 0 aliphatic heterocycles. The lowest BCUT2D eigenvalue weighted by molar-refractivity contribution is 0.327. The van der Waals surface area contributed by atoms with Gasteiger partial charge in [-0.3, -0.25) is 0 Å². The molecule has 0 bridgehead atoms. The lowest BCUT2D eigenvalue weighted by atomic mass is 10.2. The van der Waals surface area contributed by atoms with Gasteiger partial charge in [-0.05, 0) is 24.6 Å². The van der Waals surface area contributed by atoms with E-state index in [0.29, 0.717) is 19.0 Å². The Hall–Kier alpha value is -2.07. The second-order valence-electron chi connectivity index (χ2n) is 3.78. The summed E-state index contributed by atoms with van der Waals surface area (Å²) in [6.07, 6.45) is 0. The fraction of sp³-hybridized carbons (Fsp3) is 0.214. The Morgan fingerprint density at radius 2 is 2.00 bits per heavy atom. The first-order chi connectivity index (χ1) is 8.83. The van der Waals surface area contributed by atoms with E-state index in [0.717, 1.165) is 17.1 Å². The normalized spacial score (nSPS) is 10.1. The van der Waals surface area contributed by atoms with Crippen LogP contribution in [0.4, 0.5) is 11.5 Å². The molecule has 4 nitrogen and oxygen atoms in total. The largest absolute Gasteiger partial charge is 0.478 e. The van der Waals surface area contributed by atoms with Gasteiger partial charge in [-0.15, -0.1) is 0 Å². The monoisotopic (exact) mass is 243 g/mol. The molecule has 0 spiro atoms. The van der Waals surface area contributed by atoms with Crippen molar-refractivity contribution in [1.29, 1.82) is 0 Å². The van der Waals surface area contributed by atoms with Gasteiger partial charge in [0, 0.05) is 18.3 Å². The van der Waals surface area contributed by atoms with Crippen molar-refractivity contribution in [3.63, 3.8) is 0 Å². The number of rotatable bonds is 5. The van der Waals surface area contributed by atoms with Crippen LogP contribution in [0.15, 0.2) is 42.5 Å². The van der Waals surface area contributed by atoms with Crippen molar-refractivity contribution in [3.8, 4) is 5.88 Å². The number of benzene rings is 1. The van der Waals surface area contributed by atoms with Crippen LogP contribution >= 0.6 is 0 Å². The summed E-state index contributed by atoms with van der Waals surface area (Å²) in [5.41, 5.74) is 7.73. The smallest absolute Gasteiger partial charge is 0.215 e. The number of hydrogen-bond acceptors (Lipinski definition) is 4. The first-order valence-electron chi connectivity index (χ1n) is 5.98. The van der Waals surface area contributed by atoms with Crippen LogP contribution < -0.4 is 15.8 Å². The maximum Gasteiger partial charge on any atom is 0.215 e. The minimum Gasteiger partial charge on any atom is -0.478 e. The second kappa shape index (κ2) is 6.02. The molecule has 1 aromatic heterocycles. The minimum atomic E-state index is 0.494. The molecule has 0 amide bonds. The highest BCUT2D eigenvalue weighted by molar-refractivity contribution is 5.60. The topological polar surface area (TPSA) is 60.2 Å². The summed E-state index contributed by atoms with van der Waals surface area (Å²) >= 11 is 0. The van der Waals surface area contributed by atoms with E-state index in [1.54, 1.807) is 0 Å². The van der Waals surface area contributed by atoms with E-state index in [2.05, 4.69) is 10.3 Å². The van der Waals surface area contributed by atoms with E-state index in [1.165, 1.54) is 0 Å². The molecule has 0 radical (unpaired) electrons. The van der Waals surface area contributed by atoms with Crippen LogP contribution in [0.2, 0.25) is 0 Å². The van der Waals surface area contributed by atoms with Crippen molar-refractivity contribution in [1.82, 2.24) is 4.98 Å². The quantitative estimate of drug-likeness (QED) is 0.847. The number of pyridine rings is 1. The molecule has 3 N–H and O–H groups in total. The van der Waals surface area contributed by atoms with Gasteiger partial charge < -0.3 is 15.8 Å². The van der Waals surface area contributed by atoms with Crippen molar-refractivity contribution in [2.24, 2.45) is 5.73 Å². The molecule has 0 aliphatic carbocycles. The Kier molecular flexibility index (Phi) is 4.15. The van der Waals surface area contributed by atoms with E-state index >= 15 is 0 Å². The summed E-state index contributed by atoms with van der Waals surface area (Å²) in [4.78, 5) is 4.36. The van der Waals surface area contributed by atoms with Crippen molar-refractivity contribution in [2.75, 3.05) is 11.9 Å². The summed E-state index contributed by atoms with van der Waals surface area (Å²) in [5, 5.41) is 3.25. The third kappa shape index (κ3) is 2.99. The van der Waals surface area contributed by atoms with Crippen molar-refractivity contribution < 1.29 is 4.74 Å². The van der Waals surface area contributed by atoms with Crippen molar-refractivity contribution in [2.45, 2.75) is 13.5 Å². The molecule has 0 saturated heterocycles. The number of nitrogens with two attached hydrogens (primary N) is 1. The summed E-state index contributed by atoms with van der Waals surface area (Å²) in [6, 6.07) is 13.6. The summed E-state index contributed by atoms with van der Waals surface area (Å²) in [5.74, 6) is 1.37. The lowest BCUT2D eigenvalue weighted by Gasteiger charge is -2.11. The number of hydrogen-bond donors (Lipinski definition) is 2. The van der Waals surface area contributed by atoms with Crippen molar-refractivity contribution in [3.05, 3.63) is 48.0 Å². The van der Waals surface area contributed by atoms with Gasteiger partial charge in [0.25, 0.3) is 0 Å². The van der Waals surface area contributed by atoms with E-state index in [-0.39, 0.29) is 0 Å². The van der Waals surface area contributed by atoms with Crippen LogP contribution in [-0.2, 0) is 6.54 Å². The average Bonchev–Trinajstić information content (AvgIpc) is 2.40. The summed E-state index contributed by atoms with van der Waals surface area (Å²) in [7, 11) is 0. The van der Waals surface area contributed by atoms with Gasteiger partial charge >= 0.3 is 0 Å². The lowest BCUT2D eigenvalue weighted by Crippen LogP contribution is -2.03. The maximum absolute atomic E-state index is 5.70. The minimum absolute atomic E-state index is 0.494. The molecule has 0 saturated carbocycles. The third-order valence-corrected chi connectivity index (χ3v) is 2.52. The molecule has 1 aromatic carbocycles. The molecule has 1 heterocycles. The zero-order chi connectivity index (χ0) is 12.8. The Labute approximate surface area is 107 Å². The zero-order valence-electron chi connectivity index (χ0n) is 10.4. The fourth-order valence-electron chi connectivity index (χ4n) is 1.67. The Morgan fingerprint density at radius 1 is 1.17 bits per heavy atom. The van der Waals surface area contributed by atoms with Crippen LogP contribution in [0.5, 0.6) is 5.88 Å². The average molecular weight is 243 g/mol. The van der Waals surface area contributed by atoms with Gasteiger partial charge in [-0.2, -0.15) is 4.98 Å². The predicted octanol–water partition coefficient (Wildman–Crippen LogP) is 2.68. The number of para-hydroxylation sites is 1. The third-order valence-electron chi connectivity index (χ3n) is 2.52. The molecule has 4 heteroatoms. The SMILES string of the molecule is CCOc1cccc(Nc2ccccc2CN)n1. The molecular weight excluding hydrogens is 226 g/mol. The molecule has 2 aromatic rings. The van der Waals surface area contributed by atoms with Crippen LogP contribution in [0.3, 0.4) is 0 Å². The molecule has 94 valence electrons. The Morgan fingerprint density at radius 3 is 2.78 bits per heavy atom. The number of aromatic nitrogens is 1. The highest BCUT2D eigenvalue weighted by Gasteiger charge is 2.02. The van der Waals surface area contributed by atoms with E-state index in [9.17, 15) is 0 Å². The van der Waals surface area contributed by atoms with Gasteiger partial charge in [0.15, 0.2) is 0 Å². The first kappa shape index (κ1) is 12.4. The second-order valence-corrected chi connectivity index (χ2v) is 3.78. The van der Waals surface area contributed by atoms with Gasteiger partial charge in [0.2, 0.25) is 5.88 Å². The zero-order valence-corrected chi connectivity index (χ0v) is 10.4. The van der Waals surface area contributed by atoms with Crippen molar-refractivity contribution >= 4 is 11.5 Å². The number of nitrogens with zero attached hydrogens (tertiary/aromatic N) is 1. The Balaban J connectivity index is 2.20. The highest BCUT2D eigenvalue weighted by atomic mass is 16.5. The van der Waals surface area contributed by atoms with Crippen LogP contribution in [-0.4, -0.2) is 11.6 Å². The highest BCUT2D eigenvalue weighted by Crippen LogP contribution is 2.20. The standard InChI is InChI=1S/C14H17N3O/c1-2-18-14-9-5-8-13(17-14)16-12-7-4-3-6-11(12)10-15/h3-9H,2,10,15H2,1H3,(H,16,17). The van der Waals surface area contributed by atoms with Crippen LogP contribution in [0, 0.1) is 0 Å². The first-order valence-corrected chi connectivity index (χ1v) is 5.98. The molecule has 0 aliphatic rings. The van der Waals surface area contributed by atoms with E-state index in [1.807, 2.05) is 49.4 Å². The maximum atomic E-state index is 5.70. The number of anilines is 2. The molecule has 0 atom stereocenters. The fourth-order valence-corrected chi connectivity index (χ4v) is 1.67. The number of ether oxygens (including phenoxy) is 1. The molecule has 2 rings (SSSR count). The molecular formula is C14H17N3O. The molecule has 0 unspecified atom stereocenters. The van der Waals surface area contributed by atoms with Crippen LogP contribution in [0.1, 0.15) is 12.5 Å². The van der Waals surface area contributed by atoms with Crippen LogP contribution in [0.25, 0.3) is 0 Å².